The van der Waals surface area contributed by atoms with Gasteiger partial charge in [-0.1, -0.05) is 19.1 Å². The maximum Gasteiger partial charge on any atom is 0.180 e. The molecule has 0 bridgehead atoms. The van der Waals surface area contributed by atoms with Crippen molar-refractivity contribution < 1.29 is 8.42 Å². The molecule has 0 radical (unpaired) electrons. The molecule has 5 heteroatoms. The van der Waals surface area contributed by atoms with Crippen LogP contribution in [-0.2, 0) is 9.84 Å². The molecule has 3 unspecified atom stereocenters. The third kappa shape index (κ3) is 2.13. The SMILES string of the molecule is CCS(=O)(=O)c1ccccc1N1CC2CNCC2C1C. The number of anilines is 1. The van der Waals surface area contributed by atoms with Crippen molar-refractivity contribution in [1.82, 2.24) is 5.32 Å². The Morgan fingerprint density at radius 3 is 2.75 bits per heavy atom. The van der Waals surface area contributed by atoms with E-state index < -0.39 is 9.84 Å². The minimum absolute atomic E-state index is 0.153. The van der Waals surface area contributed by atoms with E-state index in [1.54, 1.807) is 13.0 Å². The highest BCUT2D eigenvalue weighted by Crippen LogP contribution is 2.38. The van der Waals surface area contributed by atoms with Crippen LogP contribution in [0, 0.1) is 11.8 Å². The fourth-order valence-corrected chi connectivity index (χ4v) is 4.70. The fraction of sp³-hybridized carbons (Fsp3) is 0.600. The number of fused-ring (bicyclic) bond motifs is 1. The number of nitrogens with one attached hydrogen (secondary N) is 1. The quantitative estimate of drug-likeness (QED) is 0.918. The highest BCUT2D eigenvalue weighted by Gasteiger charge is 2.42. The van der Waals surface area contributed by atoms with Gasteiger partial charge in [-0.3, -0.25) is 0 Å². The van der Waals surface area contributed by atoms with Gasteiger partial charge in [0.1, 0.15) is 0 Å². The second-order valence-corrected chi connectivity index (χ2v) is 8.09. The monoisotopic (exact) mass is 294 g/mol. The molecule has 1 aromatic rings. The Bertz CT molecular complexity index is 600. The van der Waals surface area contributed by atoms with Crippen LogP contribution in [0.15, 0.2) is 29.2 Å². The Morgan fingerprint density at radius 1 is 1.30 bits per heavy atom. The van der Waals surface area contributed by atoms with Crippen molar-refractivity contribution in [2.24, 2.45) is 11.8 Å². The first-order valence-electron chi connectivity index (χ1n) is 7.33. The van der Waals surface area contributed by atoms with E-state index in [9.17, 15) is 8.42 Å². The topological polar surface area (TPSA) is 49.4 Å². The first-order chi connectivity index (χ1) is 9.54. The van der Waals surface area contributed by atoms with Crippen molar-refractivity contribution in [2.45, 2.75) is 24.8 Å². The van der Waals surface area contributed by atoms with E-state index in [-0.39, 0.29) is 5.75 Å². The highest BCUT2D eigenvalue weighted by molar-refractivity contribution is 7.91. The second-order valence-electron chi connectivity index (χ2n) is 5.85. The lowest BCUT2D eigenvalue weighted by Crippen LogP contribution is -2.34. The molecule has 20 heavy (non-hydrogen) atoms. The van der Waals surface area contributed by atoms with E-state index in [1.165, 1.54) is 0 Å². The van der Waals surface area contributed by atoms with Gasteiger partial charge in [0, 0.05) is 25.7 Å². The number of sulfone groups is 1. The summed E-state index contributed by atoms with van der Waals surface area (Å²) in [6, 6.07) is 7.84. The van der Waals surface area contributed by atoms with Crippen LogP contribution in [0.1, 0.15) is 13.8 Å². The number of para-hydroxylation sites is 1. The van der Waals surface area contributed by atoms with Crippen molar-refractivity contribution in [2.75, 3.05) is 30.3 Å². The van der Waals surface area contributed by atoms with Crippen LogP contribution >= 0.6 is 0 Å². The summed E-state index contributed by atoms with van der Waals surface area (Å²) in [6.45, 7) is 6.97. The van der Waals surface area contributed by atoms with Crippen LogP contribution in [-0.4, -0.2) is 39.8 Å². The average molecular weight is 294 g/mol. The van der Waals surface area contributed by atoms with Crippen LogP contribution in [0.3, 0.4) is 0 Å². The molecule has 110 valence electrons. The Balaban J connectivity index is 2.00. The summed E-state index contributed by atoms with van der Waals surface area (Å²) in [5.41, 5.74) is 0.885. The van der Waals surface area contributed by atoms with Gasteiger partial charge in [0.15, 0.2) is 9.84 Å². The third-order valence-corrected chi connectivity index (χ3v) is 6.60. The summed E-state index contributed by atoms with van der Waals surface area (Å²) in [5, 5.41) is 3.44. The van der Waals surface area contributed by atoms with Gasteiger partial charge in [-0.25, -0.2) is 8.42 Å². The van der Waals surface area contributed by atoms with Crippen LogP contribution in [0.25, 0.3) is 0 Å². The summed E-state index contributed by atoms with van der Waals surface area (Å²) in [6.07, 6.45) is 0. The third-order valence-electron chi connectivity index (χ3n) is 4.82. The maximum absolute atomic E-state index is 12.3. The Kier molecular flexibility index (Phi) is 3.50. The highest BCUT2D eigenvalue weighted by atomic mass is 32.2. The Hall–Kier alpha value is -1.07. The molecule has 1 aromatic carbocycles. The standard InChI is InChI=1S/C15H22N2O2S/c1-3-20(18,19)15-7-5-4-6-14(15)17-10-12-8-16-9-13(12)11(17)2/h4-7,11-13,16H,3,8-10H2,1-2H3. The van der Waals surface area contributed by atoms with E-state index in [4.69, 9.17) is 0 Å². The van der Waals surface area contributed by atoms with Crippen molar-refractivity contribution >= 4 is 15.5 Å². The van der Waals surface area contributed by atoms with Crippen LogP contribution < -0.4 is 10.2 Å². The van der Waals surface area contributed by atoms with Crippen LogP contribution in [0.5, 0.6) is 0 Å². The summed E-state index contributed by atoms with van der Waals surface area (Å²) in [5.74, 6) is 1.43. The normalized spacial score (nSPS) is 29.7. The summed E-state index contributed by atoms with van der Waals surface area (Å²) >= 11 is 0. The van der Waals surface area contributed by atoms with E-state index in [0.29, 0.717) is 22.8 Å². The lowest BCUT2D eigenvalue weighted by atomic mass is 9.95. The molecular weight excluding hydrogens is 272 g/mol. The molecule has 0 aliphatic carbocycles. The molecular formula is C15H22N2O2S. The Morgan fingerprint density at radius 2 is 2.05 bits per heavy atom. The molecule has 2 aliphatic heterocycles. The lowest BCUT2D eigenvalue weighted by molar-refractivity contribution is 0.471. The minimum Gasteiger partial charge on any atom is -0.367 e. The van der Waals surface area contributed by atoms with Gasteiger partial charge in [-0.15, -0.1) is 0 Å². The van der Waals surface area contributed by atoms with Gasteiger partial charge in [0.25, 0.3) is 0 Å². The number of benzene rings is 1. The zero-order valence-corrected chi connectivity index (χ0v) is 12.9. The fourth-order valence-electron chi connectivity index (χ4n) is 3.60. The number of hydrogen-bond acceptors (Lipinski definition) is 4. The molecule has 2 fully saturated rings. The lowest BCUT2D eigenvalue weighted by Gasteiger charge is -2.28. The van der Waals surface area contributed by atoms with Crippen molar-refractivity contribution in [1.29, 1.82) is 0 Å². The minimum atomic E-state index is -3.17. The maximum atomic E-state index is 12.3. The number of rotatable bonds is 3. The predicted molar refractivity (Wildman–Crippen MR) is 80.8 cm³/mol. The number of hydrogen-bond donors (Lipinski definition) is 1. The molecule has 2 saturated heterocycles. The molecule has 0 aromatic heterocycles. The Labute approximate surface area is 121 Å². The second kappa shape index (κ2) is 5.04. The first-order valence-corrected chi connectivity index (χ1v) is 8.99. The van der Waals surface area contributed by atoms with Crippen LogP contribution in [0.4, 0.5) is 5.69 Å². The molecule has 2 aliphatic rings. The van der Waals surface area contributed by atoms with Gasteiger partial charge in [-0.2, -0.15) is 0 Å². The zero-order valence-electron chi connectivity index (χ0n) is 12.0. The first kappa shape index (κ1) is 13.9. The van der Waals surface area contributed by atoms with E-state index in [2.05, 4.69) is 17.1 Å². The van der Waals surface area contributed by atoms with E-state index >= 15 is 0 Å². The van der Waals surface area contributed by atoms with Gasteiger partial charge >= 0.3 is 0 Å². The summed E-state index contributed by atoms with van der Waals surface area (Å²) in [7, 11) is -3.17. The van der Waals surface area contributed by atoms with Crippen LogP contribution in [0.2, 0.25) is 0 Å². The molecule has 3 rings (SSSR count). The van der Waals surface area contributed by atoms with Gasteiger partial charge < -0.3 is 10.2 Å². The summed E-state index contributed by atoms with van der Waals surface area (Å²) < 4.78 is 24.6. The molecule has 0 spiro atoms. The van der Waals surface area contributed by atoms with E-state index in [0.717, 1.165) is 25.3 Å². The van der Waals surface area contributed by atoms with E-state index in [1.807, 2.05) is 18.2 Å². The van der Waals surface area contributed by atoms with Crippen molar-refractivity contribution in [3.05, 3.63) is 24.3 Å². The molecule has 4 nitrogen and oxygen atoms in total. The predicted octanol–water partition coefficient (Wildman–Crippen LogP) is 1.52. The summed E-state index contributed by atoms with van der Waals surface area (Å²) in [4.78, 5) is 2.78. The molecule has 0 amide bonds. The van der Waals surface area contributed by atoms with Gasteiger partial charge in [-0.05, 0) is 30.9 Å². The molecule has 2 heterocycles. The number of nitrogens with zero attached hydrogens (tertiary/aromatic N) is 1. The smallest absolute Gasteiger partial charge is 0.180 e. The van der Waals surface area contributed by atoms with Crippen molar-refractivity contribution in [3.63, 3.8) is 0 Å². The van der Waals surface area contributed by atoms with Gasteiger partial charge in [0.2, 0.25) is 0 Å². The average Bonchev–Trinajstić information content (AvgIpc) is 3.02. The molecule has 3 atom stereocenters. The molecule has 0 saturated carbocycles. The van der Waals surface area contributed by atoms with Gasteiger partial charge in [0.05, 0.1) is 16.3 Å². The van der Waals surface area contributed by atoms with Crippen molar-refractivity contribution in [3.8, 4) is 0 Å². The largest absolute Gasteiger partial charge is 0.367 e. The zero-order chi connectivity index (χ0) is 14.3. The molecule has 1 N–H and O–H groups in total.